The van der Waals surface area contributed by atoms with Crippen LogP contribution in [0, 0.1) is 18.3 Å². The molecule has 2 rings (SSSR count). The minimum Gasteiger partial charge on any atom is -0.303 e. The second-order valence-electron chi connectivity index (χ2n) is 7.59. The number of hydrogen-bond acceptors (Lipinski definition) is 3. The Kier molecular flexibility index (Phi) is 4.32. The van der Waals surface area contributed by atoms with Crippen molar-refractivity contribution < 1.29 is 0 Å². The van der Waals surface area contributed by atoms with Gasteiger partial charge in [0.1, 0.15) is 5.01 Å². The topological polar surface area (TPSA) is 24.9 Å². The Labute approximate surface area is 128 Å². The summed E-state index contributed by atoms with van der Waals surface area (Å²) in [6.45, 7) is 16.1. The maximum atomic E-state index is 5.01. The molecule has 114 valence electrons. The fraction of sp³-hybridized carbons (Fsp3) is 0.824. The van der Waals surface area contributed by atoms with E-state index in [-0.39, 0.29) is 5.54 Å². The summed E-state index contributed by atoms with van der Waals surface area (Å²) in [7, 11) is 0. The summed E-state index contributed by atoms with van der Waals surface area (Å²) in [5.41, 5.74) is 1.75. The molecule has 1 N–H and O–H groups in total. The van der Waals surface area contributed by atoms with Gasteiger partial charge < -0.3 is 5.32 Å². The van der Waals surface area contributed by atoms with Gasteiger partial charge in [-0.2, -0.15) is 0 Å². The Bertz CT molecular complexity index is 475. The Morgan fingerprint density at radius 3 is 2.45 bits per heavy atom. The number of thiazole rings is 1. The van der Waals surface area contributed by atoms with E-state index in [4.69, 9.17) is 4.98 Å². The van der Waals surface area contributed by atoms with Gasteiger partial charge in [0.05, 0.1) is 11.2 Å². The zero-order valence-electron chi connectivity index (χ0n) is 14.1. The molecule has 20 heavy (non-hydrogen) atoms. The molecule has 1 aliphatic carbocycles. The van der Waals surface area contributed by atoms with Gasteiger partial charge in [0.2, 0.25) is 0 Å². The summed E-state index contributed by atoms with van der Waals surface area (Å²) in [6.07, 6.45) is 3.50. The van der Waals surface area contributed by atoms with Crippen molar-refractivity contribution in [3.63, 3.8) is 0 Å². The van der Waals surface area contributed by atoms with Crippen LogP contribution in [-0.4, -0.2) is 11.0 Å². The predicted molar refractivity (Wildman–Crippen MR) is 88.4 cm³/mol. The van der Waals surface area contributed by atoms with Crippen LogP contribution in [0.1, 0.15) is 70.0 Å². The van der Waals surface area contributed by atoms with Crippen LogP contribution < -0.4 is 5.32 Å². The zero-order chi connectivity index (χ0) is 15.1. The fourth-order valence-electron chi connectivity index (χ4n) is 4.01. The average molecular weight is 295 g/mol. The summed E-state index contributed by atoms with van der Waals surface area (Å²) in [5, 5.41) is 5.21. The van der Waals surface area contributed by atoms with Crippen LogP contribution in [0.5, 0.6) is 0 Å². The molecule has 1 aliphatic rings. The third kappa shape index (κ3) is 2.80. The summed E-state index contributed by atoms with van der Waals surface area (Å²) in [6, 6.07) is 0.487. The highest BCUT2D eigenvalue weighted by atomic mass is 32.1. The van der Waals surface area contributed by atoms with Crippen molar-refractivity contribution in [3.05, 3.63) is 15.6 Å². The van der Waals surface area contributed by atoms with E-state index in [9.17, 15) is 0 Å². The first-order valence-corrected chi connectivity index (χ1v) is 8.76. The van der Waals surface area contributed by atoms with Gasteiger partial charge in [-0.15, -0.1) is 11.3 Å². The third-order valence-corrected chi connectivity index (χ3v) is 5.80. The minimum absolute atomic E-state index is 0.0700. The minimum atomic E-state index is 0.0700. The van der Waals surface area contributed by atoms with Crippen molar-refractivity contribution >= 4 is 11.3 Å². The largest absolute Gasteiger partial charge is 0.303 e. The van der Waals surface area contributed by atoms with Gasteiger partial charge in [0.15, 0.2) is 0 Å². The van der Waals surface area contributed by atoms with Crippen molar-refractivity contribution in [1.82, 2.24) is 10.3 Å². The molecule has 1 aromatic heterocycles. The highest BCUT2D eigenvalue weighted by Crippen LogP contribution is 2.53. The van der Waals surface area contributed by atoms with E-state index < -0.39 is 0 Å². The standard InChI is InChI=1S/C17H30N2S/c1-8-14-13(5)20-15(18-14)17(19-11(2)3)10-16(6,7)9-12(17)4/h11-12,19H,8-10H2,1-7H3. The highest BCUT2D eigenvalue weighted by Gasteiger charge is 2.51. The lowest BCUT2D eigenvalue weighted by atomic mass is 9.86. The maximum absolute atomic E-state index is 5.01. The second-order valence-corrected chi connectivity index (χ2v) is 8.80. The molecule has 2 atom stereocenters. The van der Waals surface area contributed by atoms with E-state index in [1.54, 1.807) is 0 Å². The first-order valence-electron chi connectivity index (χ1n) is 7.94. The lowest BCUT2D eigenvalue weighted by Crippen LogP contribution is -2.48. The molecule has 1 heterocycles. The molecule has 0 amide bonds. The summed E-state index contributed by atoms with van der Waals surface area (Å²) in [4.78, 5) is 6.40. The van der Waals surface area contributed by atoms with Crippen LogP contribution in [0.2, 0.25) is 0 Å². The SMILES string of the molecule is CCc1nc(C2(NC(C)C)CC(C)(C)CC2C)sc1C. The van der Waals surface area contributed by atoms with Crippen molar-refractivity contribution in [3.8, 4) is 0 Å². The molecule has 0 radical (unpaired) electrons. The molecular weight excluding hydrogens is 264 g/mol. The van der Waals surface area contributed by atoms with E-state index >= 15 is 0 Å². The summed E-state index contributed by atoms with van der Waals surface area (Å²) >= 11 is 1.91. The van der Waals surface area contributed by atoms with Crippen LogP contribution in [-0.2, 0) is 12.0 Å². The van der Waals surface area contributed by atoms with Crippen molar-refractivity contribution in [2.45, 2.75) is 79.3 Å². The Morgan fingerprint density at radius 2 is 2.05 bits per heavy atom. The van der Waals surface area contributed by atoms with Crippen molar-refractivity contribution in [2.75, 3.05) is 0 Å². The first-order chi connectivity index (χ1) is 9.20. The third-order valence-electron chi connectivity index (χ3n) is 4.61. The van der Waals surface area contributed by atoms with E-state index in [0.29, 0.717) is 17.4 Å². The molecule has 0 saturated heterocycles. The molecular formula is C17H30N2S. The Balaban J connectivity index is 2.47. The lowest BCUT2D eigenvalue weighted by Gasteiger charge is -2.36. The molecule has 0 aliphatic heterocycles. The number of hydrogen-bond donors (Lipinski definition) is 1. The number of aromatic nitrogens is 1. The van der Waals surface area contributed by atoms with Crippen LogP contribution in [0.3, 0.4) is 0 Å². The first kappa shape index (κ1) is 16.0. The van der Waals surface area contributed by atoms with Crippen LogP contribution in [0.4, 0.5) is 0 Å². The van der Waals surface area contributed by atoms with Crippen molar-refractivity contribution in [2.24, 2.45) is 11.3 Å². The van der Waals surface area contributed by atoms with E-state index in [1.807, 2.05) is 11.3 Å². The van der Waals surface area contributed by atoms with Crippen LogP contribution in [0.25, 0.3) is 0 Å². The molecule has 1 aromatic rings. The summed E-state index contributed by atoms with van der Waals surface area (Å²) < 4.78 is 0. The van der Waals surface area contributed by atoms with E-state index in [0.717, 1.165) is 6.42 Å². The predicted octanol–water partition coefficient (Wildman–Crippen LogP) is 4.66. The summed E-state index contributed by atoms with van der Waals surface area (Å²) in [5.74, 6) is 0.634. The van der Waals surface area contributed by atoms with Gasteiger partial charge >= 0.3 is 0 Å². The van der Waals surface area contributed by atoms with Gasteiger partial charge in [-0.25, -0.2) is 4.98 Å². The lowest BCUT2D eigenvalue weighted by molar-refractivity contribution is 0.231. The molecule has 0 spiro atoms. The molecule has 2 unspecified atom stereocenters. The zero-order valence-corrected chi connectivity index (χ0v) is 14.9. The molecule has 3 heteroatoms. The van der Waals surface area contributed by atoms with E-state index in [1.165, 1.54) is 28.4 Å². The Morgan fingerprint density at radius 1 is 1.40 bits per heavy atom. The van der Waals surface area contributed by atoms with Gasteiger partial charge in [-0.1, -0.05) is 27.7 Å². The van der Waals surface area contributed by atoms with Gasteiger partial charge in [-0.3, -0.25) is 0 Å². The fourth-order valence-corrected chi connectivity index (χ4v) is 5.28. The molecule has 1 saturated carbocycles. The maximum Gasteiger partial charge on any atom is 0.114 e. The average Bonchev–Trinajstić information content (AvgIpc) is 2.77. The normalized spacial score (nSPS) is 29.3. The van der Waals surface area contributed by atoms with Gasteiger partial charge in [0, 0.05) is 10.9 Å². The smallest absolute Gasteiger partial charge is 0.114 e. The van der Waals surface area contributed by atoms with Crippen LogP contribution >= 0.6 is 11.3 Å². The molecule has 1 fully saturated rings. The monoisotopic (exact) mass is 294 g/mol. The number of nitrogens with zero attached hydrogens (tertiary/aromatic N) is 1. The number of nitrogens with one attached hydrogen (secondary N) is 1. The Hall–Kier alpha value is -0.410. The highest BCUT2D eigenvalue weighted by molar-refractivity contribution is 7.11. The molecule has 2 nitrogen and oxygen atoms in total. The van der Waals surface area contributed by atoms with Gasteiger partial charge in [0.25, 0.3) is 0 Å². The number of aryl methyl sites for hydroxylation is 2. The molecule has 0 aromatic carbocycles. The quantitative estimate of drug-likeness (QED) is 0.873. The van der Waals surface area contributed by atoms with Crippen LogP contribution in [0.15, 0.2) is 0 Å². The number of rotatable bonds is 4. The van der Waals surface area contributed by atoms with Crippen molar-refractivity contribution in [1.29, 1.82) is 0 Å². The second kappa shape index (κ2) is 5.42. The molecule has 0 bridgehead atoms. The van der Waals surface area contributed by atoms with Gasteiger partial charge in [-0.05, 0) is 51.4 Å². The van der Waals surface area contributed by atoms with E-state index in [2.05, 4.69) is 53.8 Å².